The molecule has 2 heteroatoms. The Hall–Kier alpha value is -2.02. The van der Waals surface area contributed by atoms with E-state index in [9.17, 15) is 0 Å². The van der Waals surface area contributed by atoms with E-state index in [1.165, 1.54) is 22.3 Å². The summed E-state index contributed by atoms with van der Waals surface area (Å²) in [5, 5.41) is 2.37. The van der Waals surface area contributed by atoms with E-state index in [4.69, 9.17) is 0 Å². The van der Waals surface area contributed by atoms with E-state index in [-0.39, 0.29) is 0 Å². The van der Waals surface area contributed by atoms with E-state index in [2.05, 4.69) is 66.6 Å². The van der Waals surface area contributed by atoms with Gasteiger partial charge in [-0.3, -0.25) is 0 Å². The first-order valence-corrected chi connectivity index (χ1v) is 6.53. The van der Waals surface area contributed by atoms with Crippen LogP contribution in [0.1, 0.15) is 23.6 Å². The molecule has 1 nitrogen and oxygen atoms in total. The van der Waals surface area contributed by atoms with Gasteiger partial charge in [0.25, 0.3) is 0 Å². The van der Waals surface area contributed by atoms with Gasteiger partial charge in [-0.2, -0.15) is 4.99 Å². The first kappa shape index (κ1) is 13.4. The van der Waals surface area contributed by atoms with Crippen LogP contribution >= 0.6 is 12.2 Å². The highest BCUT2D eigenvalue weighted by Gasteiger charge is 1.97. The fourth-order valence-electron chi connectivity index (χ4n) is 1.85. The predicted octanol–water partition coefficient (Wildman–Crippen LogP) is 5.29. The Bertz CT molecular complexity index is 630. The topological polar surface area (TPSA) is 12.4 Å². The molecular weight excluding hydrogens is 250 g/mol. The molecular formula is C17H15NS. The number of allylic oxidation sites excluding steroid dienone is 1. The molecule has 2 aromatic carbocycles. The van der Waals surface area contributed by atoms with Crippen LogP contribution in [0.25, 0.3) is 11.6 Å². The van der Waals surface area contributed by atoms with Crippen molar-refractivity contribution in [2.24, 2.45) is 4.99 Å². The van der Waals surface area contributed by atoms with E-state index in [1.54, 1.807) is 0 Å². The normalized spacial score (nSPS) is 10.9. The number of isothiocyanates is 1. The first-order chi connectivity index (χ1) is 9.19. The standard InChI is InChI=1S/C17H15NS/c1-13-3-5-15(6-4-13)11-14(2)16-7-9-17(10-8-16)18-12-19/h3-11H,1-2H3. The van der Waals surface area contributed by atoms with Gasteiger partial charge in [0.2, 0.25) is 0 Å². The lowest BCUT2D eigenvalue weighted by molar-refractivity contribution is 1.46. The molecule has 0 heterocycles. The van der Waals surface area contributed by atoms with E-state index >= 15 is 0 Å². The van der Waals surface area contributed by atoms with Crippen molar-refractivity contribution < 1.29 is 0 Å². The summed E-state index contributed by atoms with van der Waals surface area (Å²) in [5.41, 5.74) is 5.73. The molecule has 0 N–H and O–H groups in total. The van der Waals surface area contributed by atoms with Gasteiger partial charge >= 0.3 is 0 Å². The van der Waals surface area contributed by atoms with Crippen molar-refractivity contribution in [3.05, 3.63) is 65.2 Å². The molecule has 0 saturated heterocycles. The van der Waals surface area contributed by atoms with Gasteiger partial charge in [-0.1, -0.05) is 48.0 Å². The van der Waals surface area contributed by atoms with E-state index in [0.717, 1.165) is 5.69 Å². The van der Waals surface area contributed by atoms with Crippen molar-refractivity contribution in [1.82, 2.24) is 0 Å². The Morgan fingerprint density at radius 3 is 2.26 bits per heavy atom. The molecule has 0 aliphatic heterocycles. The summed E-state index contributed by atoms with van der Waals surface area (Å²) >= 11 is 4.59. The number of thiocarbonyl (C=S) groups is 1. The number of hydrogen-bond donors (Lipinski definition) is 0. The van der Waals surface area contributed by atoms with Crippen molar-refractivity contribution in [3.63, 3.8) is 0 Å². The maximum atomic E-state index is 4.59. The summed E-state index contributed by atoms with van der Waals surface area (Å²) in [6, 6.07) is 16.5. The number of aryl methyl sites for hydroxylation is 1. The average Bonchev–Trinajstić information content (AvgIpc) is 2.42. The number of nitrogens with zero attached hydrogens (tertiary/aromatic N) is 1. The number of hydrogen-bond acceptors (Lipinski definition) is 2. The molecule has 0 aliphatic carbocycles. The highest BCUT2D eigenvalue weighted by atomic mass is 32.1. The maximum Gasteiger partial charge on any atom is 0.0739 e. The van der Waals surface area contributed by atoms with E-state index < -0.39 is 0 Å². The van der Waals surface area contributed by atoms with Crippen LogP contribution in [-0.4, -0.2) is 5.16 Å². The van der Waals surface area contributed by atoms with Gasteiger partial charge in [0, 0.05) is 0 Å². The molecule has 19 heavy (non-hydrogen) atoms. The van der Waals surface area contributed by atoms with Crippen LogP contribution in [0.5, 0.6) is 0 Å². The molecule has 0 aromatic heterocycles. The average molecular weight is 265 g/mol. The molecule has 0 amide bonds. The SMILES string of the molecule is CC(=Cc1ccc(C)cc1)c1ccc(N=C=S)cc1. The van der Waals surface area contributed by atoms with Crippen molar-refractivity contribution >= 4 is 34.7 Å². The second-order valence-electron chi connectivity index (χ2n) is 4.49. The molecule has 2 rings (SSSR count). The number of rotatable bonds is 3. The minimum atomic E-state index is 0.835. The van der Waals surface area contributed by atoms with Crippen molar-refractivity contribution in [3.8, 4) is 0 Å². The van der Waals surface area contributed by atoms with Crippen LogP contribution in [0.4, 0.5) is 5.69 Å². The third kappa shape index (κ3) is 3.72. The largest absolute Gasteiger partial charge is 0.195 e. The van der Waals surface area contributed by atoms with Gasteiger partial charge in [0.15, 0.2) is 0 Å². The van der Waals surface area contributed by atoms with Gasteiger partial charge in [0.1, 0.15) is 0 Å². The molecule has 94 valence electrons. The van der Waals surface area contributed by atoms with Gasteiger partial charge in [-0.25, -0.2) is 0 Å². The minimum Gasteiger partial charge on any atom is -0.195 e. The highest BCUT2D eigenvalue weighted by Crippen LogP contribution is 2.21. The number of aliphatic imine (C=N–C) groups is 1. The van der Waals surface area contributed by atoms with Crippen LogP contribution in [-0.2, 0) is 0 Å². The molecule has 0 atom stereocenters. The number of benzene rings is 2. The molecule has 0 radical (unpaired) electrons. The summed E-state index contributed by atoms with van der Waals surface area (Å²) in [4.78, 5) is 3.95. The highest BCUT2D eigenvalue weighted by molar-refractivity contribution is 7.78. The minimum absolute atomic E-state index is 0.835. The van der Waals surface area contributed by atoms with Crippen molar-refractivity contribution in [1.29, 1.82) is 0 Å². The lowest BCUT2D eigenvalue weighted by atomic mass is 10.0. The zero-order valence-corrected chi connectivity index (χ0v) is 11.9. The second kappa shape index (κ2) is 6.24. The summed E-state index contributed by atoms with van der Waals surface area (Å²) in [5.74, 6) is 0. The van der Waals surface area contributed by atoms with Gasteiger partial charge in [-0.05, 0) is 54.9 Å². The molecule has 0 saturated carbocycles. The molecule has 0 aliphatic rings. The Kier molecular flexibility index (Phi) is 4.40. The van der Waals surface area contributed by atoms with Crippen LogP contribution in [0, 0.1) is 6.92 Å². The van der Waals surface area contributed by atoms with Crippen molar-refractivity contribution in [2.75, 3.05) is 0 Å². The summed E-state index contributed by atoms with van der Waals surface area (Å²) in [6.45, 7) is 4.20. The van der Waals surface area contributed by atoms with Crippen molar-refractivity contribution in [2.45, 2.75) is 13.8 Å². The lowest BCUT2D eigenvalue weighted by Crippen LogP contribution is -1.80. The molecule has 0 fully saturated rings. The van der Waals surface area contributed by atoms with Crippen LogP contribution in [0.15, 0.2) is 53.5 Å². The molecule has 2 aromatic rings. The second-order valence-corrected chi connectivity index (χ2v) is 4.67. The fourth-order valence-corrected chi connectivity index (χ4v) is 1.95. The smallest absolute Gasteiger partial charge is 0.0739 e. The third-order valence-electron chi connectivity index (χ3n) is 2.96. The zero-order valence-electron chi connectivity index (χ0n) is 11.1. The maximum absolute atomic E-state index is 4.59. The van der Waals surface area contributed by atoms with E-state index in [1.807, 2.05) is 24.3 Å². The van der Waals surface area contributed by atoms with E-state index in [0.29, 0.717) is 0 Å². The van der Waals surface area contributed by atoms with Gasteiger partial charge in [-0.15, -0.1) is 0 Å². The first-order valence-electron chi connectivity index (χ1n) is 6.12. The van der Waals surface area contributed by atoms with Gasteiger partial charge < -0.3 is 0 Å². The summed E-state index contributed by atoms with van der Waals surface area (Å²) in [6.07, 6.45) is 2.18. The lowest BCUT2D eigenvalue weighted by Gasteiger charge is -2.03. The fraction of sp³-hybridized carbons (Fsp3) is 0.118. The monoisotopic (exact) mass is 265 g/mol. The summed E-state index contributed by atoms with van der Waals surface area (Å²) in [7, 11) is 0. The quantitative estimate of drug-likeness (QED) is 0.417. The Morgan fingerprint density at radius 1 is 1.05 bits per heavy atom. The predicted molar refractivity (Wildman–Crippen MR) is 85.9 cm³/mol. The van der Waals surface area contributed by atoms with Crippen LogP contribution in [0.3, 0.4) is 0 Å². The molecule has 0 bridgehead atoms. The summed E-state index contributed by atoms with van der Waals surface area (Å²) < 4.78 is 0. The van der Waals surface area contributed by atoms with Gasteiger partial charge in [0.05, 0.1) is 10.8 Å². The Balaban J connectivity index is 2.25. The molecule has 0 unspecified atom stereocenters. The third-order valence-corrected chi connectivity index (χ3v) is 3.05. The zero-order chi connectivity index (χ0) is 13.7. The van der Waals surface area contributed by atoms with Crippen LogP contribution in [0.2, 0.25) is 0 Å². The Morgan fingerprint density at radius 2 is 1.68 bits per heavy atom. The Labute approximate surface area is 119 Å². The van der Waals surface area contributed by atoms with Crippen LogP contribution < -0.4 is 0 Å². The molecule has 0 spiro atoms.